The highest BCUT2D eigenvalue weighted by Gasteiger charge is 2.31. The molecule has 4 rings (SSSR count). The van der Waals surface area contributed by atoms with Gasteiger partial charge in [-0.15, -0.1) is 0 Å². The number of aliphatic imine (C=N–C) groups is 2. The van der Waals surface area contributed by atoms with Gasteiger partial charge in [0.05, 0.1) is 30.2 Å². The molecule has 0 spiro atoms. The van der Waals surface area contributed by atoms with Crippen molar-refractivity contribution in [3.63, 3.8) is 0 Å². The van der Waals surface area contributed by atoms with Crippen LogP contribution in [0.25, 0.3) is 0 Å². The second kappa shape index (κ2) is 6.85. The maximum atomic E-state index is 5.65. The van der Waals surface area contributed by atoms with Gasteiger partial charge in [0.1, 0.15) is 5.92 Å². The Bertz CT molecular complexity index is 853. The third-order valence-corrected chi connectivity index (χ3v) is 4.28. The molecule has 0 saturated carbocycles. The molecule has 0 N–H and O–H groups in total. The fourth-order valence-electron chi connectivity index (χ4n) is 3.18. The molecule has 0 radical (unpaired) electrons. The van der Waals surface area contributed by atoms with Gasteiger partial charge in [-0.3, -0.25) is 9.98 Å². The van der Waals surface area contributed by atoms with Crippen LogP contribution in [0.2, 0.25) is 0 Å². The van der Waals surface area contributed by atoms with Crippen molar-refractivity contribution in [3.05, 3.63) is 89.3 Å². The summed E-state index contributed by atoms with van der Waals surface area (Å²) in [7, 11) is 0. The van der Waals surface area contributed by atoms with Crippen LogP contribution in [-0.2, 0) is 0 Å². The second-order valence-electron chi connectivity index (χ2n) is 6.07. The van der Waals surface area contributed by atoms with Crippen LogP contribution >= 0.6 is 0 Å². The molecule has 124 valence electrons. The Labute approximate surface area is 146 Å². The van der Waals surface area contributed by atoms with Crippen LogP contribution in [0.5, 0.6) is 0 Å². The first-order chi connectivity index (χ1) is 12.3. The largest absolute Gasteiger partial charge is 0.360 e. The molecular formula is C21H19N3O. The molecule has 2 heterocycles. The molecule has 3 aromatic rings. The lowest BCUT2D eigenvalue weighted by molar-refractivity contribution is 0.385. The van der Waals surface area contributed by atoms with Crippen LogP contribution in [0.15, 0.2) is 81.2 Å². The van der Waals surface area contributed by atoms with Crippen LogP contribution in [0.4, 0.5) is 0 Å². The van der Waals surface area contributed by atoms with Gasteiger partial charge in [-0.1, -0.05) is 65.8 Å². The molecular weight excluding hydrogens is 310 g/mol. The van der Waals surface area contributed by atoms with Crippen LogP contribution in [0.1, 0.15) is 28.5 Å². The minimum absolute atomic E-state index is 0.159. The lowest BCUT2D eigenvalue weighted by atomic mass is 9.86. The third-order valence-electron chi connectivity index (χ3n) is 4.28. The Kier molecular flexibility index (Phi) is 4.25. The molecule has 0 saturated heterocycles. The lowest BCUT2D eigenvalue weighted by Crippen LogP contribution is -2.23. The molecule has 0 aliphatic carbocycles. The van der Waals surface area contributed by atoms with E-state index >= 15 is 0 Å². The van der Waals surface area contributed by atoms with Crippen LogP contribution in [0, 0.1) is 6.92 Å². The monoisotopic (exact) mass is 329 g/mol. The molecule has 0 bridgehead atoms. The third kappa shape index (κ3) is 3.15. The molecule has 4 nitrogen and oxygen atoms in total. The smallest absolute Gasteiger partial charge is 0.152 e. The number of benzene rings is 2. The van der Waals surface area contributed by atoms with Crippen molar-refractivity contribution in [2.24, 2.45) is 9.98 Å². The predicted molar refractivity (Wildman–Crippen MR) is 99.7 cm³/mol. The minimum Gasteiger partial charge on any atom is -0.360 e. The zero-order chi connectivity index (χ0) is 17.1. The summed E-state index contributed by atoms with van der Waals surface area (Å²) in [5.41, 5.74) is 5.01. The number of aromatic nitrogens is 1. The van der Waals surface area contributed by atoms with Gasteiger partial charge >= 0.3 is 0 Å². The summed E-state index contributed by atoms with van der Waals surface area (Å²) in [6.45, 7) is 3.27. The van der Waals surface area contributed by atoms with Crippen molar-refractivity contribution >= 4 is 11.4 Å². The molecule has 1 aromatic heterocycles. The standard InChI is InChI=1S/C21H19N3O/c1-15-14-18(25-24-15)19-20(16-8-4-2-5-9-16)22-12-13-23-21(19)17-10-6-3-7-11-17/h2-11,14,19H,12-13H2,1H3. The van der Waals surface area contributed by atoms with Gasteiger partial charge in [-0.25, -0.2) is 0 Å². The van der Waals surface area contributed by atoms with Gasteiger partial charge in [0, 0.05) is 6.07 Å². The first-order valence-electron chi connectivity index (χ1n) is 8.45. The highest BCUT2D eigenvalue weighted by Crippen LogP contribution is 2.29. The number of hydrogen-bond acceptors (Lipinski definition) is 4. The second-order valence-corrected chi connectivity index (χ2v) is 6.07. The fraction of sp³-hybridized carbons (Fsp3) is 0.190. The molecule has 1 aliphatic rings. The van der Waals surface area contributed by atoms with E-state index in [0.29, 0.717) is 13.1 Å². The molecule has 0 amide bonds. The number of rotatable bonds is 3. The normalized spacial score (nSPS) is 15.4. The highest BCUT2D eigenvalue weighted by atomic mass is 16.5. The lowest BCUT2D eigenvalue weighted by Gasteiger charge is -2.18. The van der Waals surface area contributed by atoms with Gasteiger partial charge < -0.3 is 4.52 Å². The zero-order valence-corrected chi connectivity index (χ0v) is 14.1. The molecule has 4 heteroatoms. The zero-order valence-electron chi connectivity index (χ0n) is 14.1. The average Bonchev–Trinajstić information content (AvgIpc) is 2.97. The van der Waals surface area contributed by atoms with E-state index in [2.05, 4.69) is 29.4 Å². The SMILES string of the molecule is Cc1cc(C2C(c3ccccc3)=NCCN=C2c2ccccc2)on1. The quantitative estimate of drug-likeness (QED) is 0.727. The molecule has 0 fully saturated rings. The van der Waals surface area contributed by atoms with Crippen molar-refractivity contribution in [1.29, 1.82) is 0 Å². The van der Waals surface area contributed by atoms with Crippen molar-refractivity contribution in [2.75, 3.05) is 13.1 Å². The van der Waals surface area contributed by atoms with Crippen molar-refractivity contribution in [3.8, 4) is 0 Å². The summed E-state index contributed by atoms with van der Waals surface area (Å²) in [4.78, 5) is 9.70. The summed E-state index contributed by atoms with van der Waals surface area (Å²) in [5, 5.41) is 4.09. The van der Waals surface area contributed by atoms with Crippen LogP contribution in [0.3, 0.4) is 0 Å². The van der Waals surface area contributed by atoms with Crippen molar-refractivity contribution < 1.29 is 4.52 Å². The first kappa shape index (κ1) is 15.5. The highest BCUT2D eigenvalue weighted by molar-refractivity contribution is 6.24. The summed E-state index contributed by atoms with van der Waals surface area (Å²) < 4.78 is 5.65. The Morgan fingerprint density at radius 1 is 0.800 bits per heavy atom. The van der Waals surface area contributed by atoms with Crippen LogP contribution < -0.4 is 0 Å². The van der Waals surface area contributed by atoms with Crippen molar-refractivity contribution in [2.45, 2.75) is 12.8 Å². The fourth-order valence-corrected chi connectivity index (χ4v) is 3.18. The van der Waals surface area contributed by atoms with Gasteiger partial charge in [-0.2, -0.15) is 0 Å². The van der Waals surface area contributed by atoms with E-state index in [-0.39, 0.29) is 5.92 Å². The van der Waals surface area contributed by atoms with E-state index in [9.17, 15) is 0 Å². The van der Waals surface area contributed by atoms with Gasteiger partial charge in [-0.05, 0) is 18.1 Å². The Balaban J connectivity index is 1.89. The average molecular weight is 329 g/mol. The van der Waals surface area contributed by atoms with Crippen molar-refractivity contribution in [1.82, 2.24) is 5.16 Å². The molecule has 0 atom stereocenters. The number of nitrogens with zero attached hydrogens (tertiary/aromatic N) is 3. The van der Waals surface area contributed by atoms with Gasteiger partial charge in [0.25, 0.3) is 0 Å². The Hall–Kier alpha value is -3.01. The van der Waals surface area contributed by atoms with Crippen LogP contribution in [-0.4, -0.2) is 29.7 Å². The van der Waals surface area contributed by atoms with E-state index in [1.54, 1.807) is 0 Å². The Morgan fingerprint density at radius 2 is 1.32 bits per heavy atom. The molecule has 1 aliphatic heterocycles. The number of aryl methyl sites for hydroxylation is 1. The summed E-state index contributed by atoms with van der Waals surface area (Å²) >= 11 is 0. The van der Waals surface area contributed by atoms with Gasteiger partial charge in [0.15, 0.2) is 5.76 Å². The summed E-state index contributed by atoms with van der Waals surface area (Å²) in [5.74, 6) is 0.623. The molecule has 2 aromatic carbocycles. The molecule has 0 unspecified atom stereocenters. The summed E-state index contributed by atoms with van der Waals surface area (Å²) in [6, 6.07) is 22.5. The maximum absolute atomic E-state index is 5.65. The topological polar surface area (TPSA) is 50.8 Å². The van der Waals surface area contributed by atoms with E-state index < -0.39 is 0 Å². The molecule has 25 heavy (non-hydrogen) atoms. The summed E-state index contributed by atoms with van der Waals surface area (Å²) in [6.07, 6.45) is 0. The Morgan fingerprint density at radius 3 is 1.76 bits per heavy atom. The van der Waals surface area contributed by atoms with E-state index in [0.717, 1.165) is 34.0 Å². The van der Waals surface area contributed by atoms with Gasteiger partial charge in [0.2, 0.25) is 0 Å². The maximum Gasteiger partial charge on any atom is 0.152 e. The predicted octanol–water partition coefficient (Wildman–Crippen LogP) is 4.06. The van der Waals surface area contributed by atoms with E-state index in [4.69, 9.17) is 14.5 Å². The van der Waals surface area contributed by atoms with E-state index in [1.165, 1.54) is 0 Å². The minimum atomic E-state index is -0.159. The number of hydrogen-bond donors (Lipinski definition) is 0. The first-order valence-corrected chi connectivity index (χ1v) is 8.45. The van der Waals surface area contributed by atoms with E-state index in [1.807, 2.05) is 49.4 Å².